The van der Waals surface area contributed by atoms with Gasteiger partial charge in [-0.25, -0.2) is 0 Å². The van der Waals surface area contributed by atoms with Crippen molar-refractivity contribution in [3.8, 4) is 6.01 Å². The molecule has 118 valence electrons. The zero-order chi connectivity index (χ0) is 15.5. The first-order chi connectivity index (χ1) is 10.0. The highest BCUT2D eigenvalue weighted by molar-refractivity contribution is 5.39. The fourth-order valence-electron chi connectivity index (χ4n) is 2.80. The number of hydrogen-bond acceptors (Lipinski definition) is 6. The van der Waals surface area contributed by atoms with Crippen LogP contribution >= 0.6 is 0 Å². The van der Waals surface area contributed by atoms with Crippen molar-refractivity contribution in [1.29, 1.82) is 0 Å². The van der Waals surface area contributed by atoms with E-state index in [2.05, 4.69) is 39.0 Å². The largest absolute Gasteiger partial charge is 0.461 e. The molecule has 2 rings (SSSR count). The molecule has 21 heavy (non-hydrogen) atoms. The maximum atomic E-state index is 5.63. The van der Waals surface area contributed by atoms with Crippen LogP contribution in [-0.2, 0) is 0 Å². The normalized spacial score (nSPS) is 17.3. The first-order valence-corrected chi connectivity index (χ1v) is 7.87. The van der Waals surface area contributed by atoms with E-state index in [0.717, 1.165) is 13.1 Å². The lowest BCUT2D eigenvalue weighted by Crippen LogP contribution is -2.28. The Hall–Kier alpha value is -1.59. The predicted octanol–water partition coefficient (Wildman–Crippen LogP) is 2.72. The Bertz CT molecular complexity index is 473. The van der Waals surface area contributed by atoms with Gasteiger partial charge in [0, 0.05) is 20.1 Å². The van der Waals surface area contributed by atoms with Crippen molar-refractivity contribution in [2.75, 3.05) is 30.4 Å². The SMILES string of the molecule is CCC1(CC)CCN(c2nc(NC)nc(OC(C)C)n2)C1. The third kappa shape index (κ3) is 3.54. The van der Waals surface area contributed by atoms with Gasteiger partial charge < -0.3 is 15.0 Å². The van der Waals surface area contributed by atoms with Gasteiger partial charge in [0.05, 0.1) is 6.10 Å². The van der Waals surface area contributed by atoms with Crippen LogP contribution in [0.2, 0.25) is 0 Å². The number of nitrogens with one attached hydrogen (secondary N) is 1. The minimum atomic E-state index is 0.0499. The molecule has 0 bridgehead atoms. The maximum Gasteiger partial charge on any atom is 0.323 e. The number of nitrogens with zero attached hydrogens (tertiary/aromatic N) is 4. The van der Waals surface area contributed by atoms with Crippen LogP contribution in [0.25, 0.3) is 0 Å². The van der Waals surface area contributed by atoms with E-state index in [1.165, 1.54) is 19.3 Å². The van der Waals surface area contributed by atoms with Crippen molar-refractivity contribution >= 4 is 11.9 Å². The van der Waals surface area contributed by atoms with Gasteiger partial charge in [0.25, 0.3) is 0 Å². The highest BCUT2D eigenvalue weighted by Gasteiger charge is 2.36. The fraction of sp³-hybridized carbons (Fsp3) is 0.800. The first kappa shape index (κ1) is 15.8. The molecule has 0 aromatic carbocycles. The lowest BCUT2D eigenvalue weighted by atomic mass is 9.82. The van der Waals surface area contributed by atoms with Gasteiger partial charge in [-0.1, -0.05) is 13.8 Å². The van der Waals surface area contributed by atoms with Crippen molar-refractivity contribution in [3.05, 3.63) is 0 Å². The van der Waals surface area contributed by atoms with Gasteiger partial charge in [0.15, 0.2) is 0 Å². The van der Waals surface area contributed by atoms with E-state index in [1.54, 1.807) is 0 Å². The van der Waals surface area contributed by atoms with Crippen LogP contribution in [0, 0.1) is 5.41 Å². The van der Waals surface area contributed by atoms with Crippen LogP contribution in [0.15, 0.2) is 0 Å². The number of hydrogen-bond donors (Lipinski definition) is 1. The standard InChI is InChI=1S/C15H27N5O/c1-6-15(7-2)8-9-20(10-15)13-17-12(16-5)18-14(19-13)21-11(3)4/h11H,6-10H2,1-5H3,(H,16,17,18,19). The number of anilines is 2. The van der Waals surface area contributed by atoms with Gasteiger partial charge >= 0.3 is 6.01 Å². The van der Waals surface area contributed by atoms with Gasteiger partial charge in [-0.15, -0.1) is 0 Å². The average molecular weight is 293 g/mol. The van der Waals surface area contributed by atoms with Crippen molar-refractivity contribution in [3.63, 3.8) is 0 Å². The van der Waals surface area contributed by atoms with Crippen LogP contribution in [0.3, 0.4) is 0 Å². The molecule has 6 heteroatoms. The van der Waals surface area contributed by atoms with E-state index >= 15 is 0 Å². The lowest BCUT2D eigenvalue weighted by molar-refractivity contribution is 0.222. The number of aromatic nitrogens is 3. The Morgan fingerprint density at radius 3 is 2.48 bits per heavy atom. The maximum absolute atomic E-state index is 5.63. The van der Waals surface area contributed by atoms with Crippen LogP contribution < -0.4 is 15.0 Å². The Morgan fingerprint density at radius 1 is 1.24 bits per heavy atom. The molecule has 1 N–H and O–H groups in total. The monoisotopic (exact) mass is 293 g/mol. The molecule has 0 amide bonds. The minimum absolute atomic E-state index is 0.0499. The topological polar surface area (TPSA) is 63.2 Å². The van der Waals surface area contributed by atoms with Gasteiger partial charge in [0.2, 0.25) is 11.9 Å². The minimum Gasteiger partial charge on any atom is -0.461 e. The third-order valence-corrected chi connectivity index (χ3v) is 4.39. The summed E-state index contributed by atoms with van der Waals surface area (Å²) in [5, 5.41) is 2.98. The summed E-state index contributed by atoms with van der Waals surface area (Å²) in [5.74, 6) is 1.27. The highest BCUT2D eigenvalue weighted by Crippen LogP contribution is 2.38. The van der Waals surface area contributed by atoms with Crippen LogP contribution in [0.1, 0.15) is 47.0 Å². The molecule has 0 aliphatic carbocycles. The van der Waals surface area contributed by atoms with E-state index in [9.17, 15) is 0 Å². The molecule has 6 nitrogen and oxygen atoms in total. The van der Waals surface area contributed by atoms with Crippen LogP contribution in [-0.4, -0.2) is 41.2 Å². The second-order valence-electron chi connectivity index (χ2n) is 6.04. The lowest BCUT2D eigenvalue weighted by Gasteiger charge is -2.26. The molecule has 1 saturated heterocycles. The molecular weight excluding hydrogens is 266 g/mol. The Labute approximate surface area is 127 Å². The predicted molar refractivity (Wildman–Crippen MR) is 85.0 cm³/mol. The van der Waals surface area contributed by atoms with E-state index in [1.807, 2.05) is 20.9 Å². The zero-order valence-corrected chi connectivity index (χ0v) is 13.8. The molecule has 0 radical (unpaired) electrons. The van der Waals surface area contributed by atoms with Gasteiger partial charge in [-0.3, -0.25) is 0 Å². The summed E-state index contributed by atoms with van der Waals surface area (Å²) >= 11 is 0. The molecule has 0 saturated carbocycles. The molecule has 0 spiro atoms. The summed E-state index contributed by atoms with van der Waals surface area (Å²) in [6.45, 7) is 10.5. The number of ether oxygens (including phenoxy) is 1. The second-order valence-corrected chi connectivity index (χ2v) is 6.04. The third-order valence-electron chi connectivity index (χ3n) is 4.39. The second kappa shape index (κ2) is 6.45. The first-order valence-electron chi connectivity index (χ1n) is 7.87. The summed E-state index contributed by atoms with van der Waals surface area (Å²) < 4.78 is 5.63. The van der Waals surface area contributed by atoms with Crippen molar-refractivity contribution < 1.29 is 4.74 Å². The average Bonchev–Trinajstić information content (AvgIpc) is 2.91. The smallest absolute Gasteiger partial charge is 0.323 e. The molecule has 0 unspecified atom stereocenters. The molecule has 1 fully saturated rings. The summed E-state index contributed by atoms with van der Waals surface area (Å²) in [6.07, 6.45) is 3.63. The summed E-state index contributed by atoms with van der Waals surface area (Å²) in [4.78, 5) is 15.5. The van der Waals surface area contributed by atoms with E-state index in [0.29, 0.717) is 23.3 Å². The number of rotatable bonds is 6. The van der Waals surface area contributed by atoms with Crippen molar-refractivity contribution in [2.45, 2.75) is 53.1 Å². The molecule has 1 aliphatic rings. The van der Waals surface area contributed by atoms with Gasteiger partial charge in [-0.05, 0) is 38.5 Å². The fourth-order valence-corrected chi connectivity index (χ4v) is 2.80. The van der Waals surface area contributed by atoms with E-state index in [-0.39, 0.29) is 6.10 Å². The summed E-state index contributed by atoms with van der Waals surface area (Å²) in [7, 11) is 1.81. The van der Waals surface area contributed by atoms with Crippen molar-refractivity contribution in [1.82, 2.24) is 15.0 Å². The molecule has 1 aromatic rings. The quantitative estimate of drug-likeness (QED) is 0.870. The van der Waals surface area contributed by atoms with E-state index in [4.69, 9.17) is 4.74 Å². The Morgan fingerprint density at radius 2 is 1.95 bits per heavy atom. The molecule has 1 aromatic heterocycles. The molecular formula is C15H27N5O. The van der Waals surface area contributed by atoms with Crippen LogP contribution in [0.4, 0.5) is 11.9 Å². The Balaban J connectivity index is 2.23. The summed E-state index contributed by atoms with van der Waals surface area (Å²) in [6, 6.07) is 0.393. The molecule has 1 aliphatic heterocycles. The molecule has 0 atom stereocenters. The highest BCUT2D eigenvalue weighted by atomic mass is 16.5. The van der Waals surface area contributed by atoms with E-state index < -0.39 is 0 Å². The van der Waals surface area contributed by atoms with Gasteiger partial charge in [0.1, 0.15) is 0 Å². The summed E-state index contributed by atoms with van der Waals surface area (Å²) in [5.41, 5.74) is 0.394. The molecule has 2 heterocycles. The van der Waals surface area contributed by atoms with Crippen LogP contribution in [0.5, 0.6) is 6.01 Å². The zero-order valence-electron chi connectivity index (χ0n) is 13.8. The van der Waals surface area contributed by atoms with Crippen molar-refractivity contribution in [2.24, 2.45) is 5.41 Å². The Kier molecular flexibility index (Phi) is 4.85. The van der Waals surface area contributed by atoms with Gasteiger partial charge in [-0.2, -0.15) is 15.0 Å².